The van der Waals surface area contributed by atoms with Gasteiger partial charge in [0.1, 0.15) is 0 Å². The Morgan fingerprint density at radius 1 is 1.23 bits per heavy atom. The summed E-state index contributed by atoms with van der Waals surface area (Å²) in [6, 6.07) is 11.0. The summed E-state index contributed by atoms with van der Waals surface area (Å²) in [5.74, 6) is 2.16. The number of hydrogen-bond donors (Lipinski definition) is 2. The molecule has 1 aromatic carbocycles. The van der Waals surface area contributed by atoms with Crippen LogP contribution in [0.3, 0.4) is 0 Å². The van der Waals surface area contributed by atoms with Crippen molar-refractivity contribution in [1.29, 1.82) is 0 Å². The number of aliphatic imine (C=N–C) groups is 1. The normalized spacial score (nSPS) is 22.5. The molecule has 31 heavy (non-hydrogen) atoms. The molecule has 2 fully saturated rings. The number of carbonyl (C=O) groups excluding carboxylic acids is 1. The third-order valence-electron chi connectivity index (χ3n) is 6.26. The monoisotopic (exact) mass is 427 g/mol. The second-order valence-corrected chi connectivity index (χ2v) is 9.43. The average molecular weight is 428 g/mol. The molecule has 2 heterocycles. The van der Waals surface area contributed by atoms with Crippen molar-refractivity contribution in [2.24, 2.45) is 16.8 Å². The van der Waals surface area contributed by atoms with E-state index in [0.29, 0.717) is 30.8 Å². The number of nitrogens with one attached hydrogen (secondary N) is 2. The molecule has 2 aliphatic heterocycles. The average Bonchev–Trinajstić information content (AvgIpc) is 3.34. The largest absolute Gasteiger partial charge is 0.357 e. The fourth-order valence-electron chi connectivity index (χ4n) is 4.71. The van der Waals surface area contributed by atoms with Gasteiger partial charge in [0, 0.05) is 57.6 Å². The van der Waals surface area contributed by atoms with Crippen LogP contribution in [0, 0.1) is 11.8 Å². The van der Waals surface area contributed by atoms with Crippen LogP contribution in [0.5, 0.6) is 0 Å². The molecule has 2 saturated heterocycles. The van der Waals surface area contributed by atoms with Crippen molar-refractivity contribution >= 4 is 11.9 Å². The van der Waals surface area contributed by atoms with Crippen LogP contribution >= 0.6 is 0 Å². The summed E-state index contributed by atoms with van der Waals surface area (Å²) in [5, 5.41) is 6.93. The molecule has 0 radical (unpaired) electrons. The Kier molecular flexibility index (Phi) is 9.19. The molecular formula is C25H41N5O. The van der Waals surface area contributed by atoms with Gasteiger partial charge in [-0.1, -0.05) is 44.2 Å². The van der Waals surface area contributed by atoms with E-state index in [0.717, 1.165) is 38.6 Å². The molecule has 6 nitrogen and oxygen atoms in total. The highest BCUT2D eigenvalue weighted by atomic mass is 16.2. The van der Waals surface area contributed by atoms with Gasteiger partial charge in [-0.25, -0.2) is 0 Å². The van der Waals surface area contributed by atoms with Gasteiger partial charge in [-0.05, 0) is 44.2 Å². The number of carbonyl (C=O) groups is 1. The third kappa shape index (κ3) is 7.53. The minimum Gasteiger partial charge on any atom is -0.357 e. The lowest BCUT2D eigenvalue weighted by Gasteiger charge is -2.27. The molecule has 0 aliphatic carbocycles. The summed E-state index contributed by atoms with van der Waals surface area (Å²) in [6.07, 6.45) is 4.08. The molecule has 0 saturated carbocycles. The van der Waals surface area contributed by atoms with Gasteiger partial charge in [0.05, 0.1) is 0 Å². The maximum absolute atomic E-state index is 12.4. The molecule has 1 aromatic rings. The van der Waals surface area contributed by atoms with E-state index < -0.39 is 0 Å². The van der Waals surface area contributed by atoms with Crippen LogP contribution in [0.4, 0.5) is 0 Å². The van der Waals surface area contributed by atoms with Crippen molar-refractivity contribution in [2.45, 2.75) is 52.5 Å². The maximum Gasteiger partial charge on any atom is 0.223 e. The second kappa shape index (κ2) is 12.1. The Balaban J connectivity index is 1.45. The summed E-state index contributed by atoms with van der Waals surface area (Å²) in [5.41, 5.74) is 1.29. The van der Waals surface area contributed by atoms with Crippen LogP contribution in [0.25, 0.3) is 0 Å². The highest BCUT2D eigenvalue weighted by molar-refractivity contribution is 5.80. The van der Waals surface area contributed by atoms with Crippen molar-refractivity contribution in [1.82, 2.24) is 20.4 Å². The predicted molar refractivity (Wildman–Crippen MR) is 128 cm³/mol. The number of likely N-dealkylation sites (tertiary alicyclic amines) is 2. The van der Waals surface area contributed by atoms with Gasteiger partial charge in [0.2, 0.25) is 5.91 Å². The molecule has 0 bridgehead atoms. The molecular weight excluding hydrogens is 386 g/mol. The zero-order chi connectivity index (χ0) is 22.1. The quantitative estimate of drug-likeness (QED) is 0.445. The van der Waals surface area contributed by atoms with Gasteiger partial charge in [0.25, 0.3) is 0 Å². The Morgan fingerprint density at radius 3 is 2.77 bits per heavy atom. The summed E-state index contributed by atoms with van der Waals surface area (Å²) >= 11 is 0. The number of benzene rings is 1. The lowest BCUT2D eigenvalue weighted by atomic mass is 10.1. The lowest BCUT2D eigenvalue weighted by Crippen LogP contribution is -2.45. The molecule has 1 unspecified atom stereocenters. The lowest BCUT2D eigenvalue weighted by molar-refractivity contribution is -0.127. The van der Waals surface area contributed by atoms with Gasteiger partial charge in [-0.15, -0.1) is 0 Å². The Hall–Kier alpha value is -2.08. The first-order valence-corrected chi connectivity index (χ1v) is 12.1. The second-order valence-electron chi connectivity index (χ2n) is 9.43. The minimum atomic E-state index is 0.268. The van der Waals surface area contributed by atoms with Crippen molar-refractivity contribution in [3.05, 3.63) is 35.9 Å². The predicted octanol–water partition coefficient (Wildman–Crippen LogP) is 2.75. The molecule has 172 valence electrons. The molecule has 2 aliphatic rings. The summed E-state index contributed by atoms with van der Waals surface area (Å²) in [6.45, 7) is 13.2. The van der Waals surface area contributed by atoms with Gasteiger partial charge in [-0.3, -0.25) is 14.7 Å². The third-order valence-corrected chi connectivity index (χ3v) is 6.26. The van der Waals surface area contributed by atoms with Crippen LogP contribution in [0.2, 0.25) is 0 Å². The smallest absolute Gasteiger partial charge is 0.223 e. The number of guanidine groups is 1. The first kappa shape index (κ1) is 23.6. The highest BCUT2D eigenvalue weighted by Crippen LogP contribution is 2.19. The fourth-order valence-corrected chi connectivity index (χ4v) is 4.71. The fraction of sp³-hybridized carbons (Fsp3) is 0.680. The van der Waals surface area contributed by atoms with E-state index in [-0.39, 0.29) is 5.91 Å². The highest BCUT2D eigenvalue weighted by Gasteiger charge is 2.29. The SMILES string of the molecule is CCNC(=NCC1CC(=O)N(CCc2ccccc2)C1)NC[C@H]1CCCN1CC(C)C. The van der Waals surface area contributed by atoms with Crippen molar-refractivity contribution in [3.8, 4) is 0 Å². The standard InChI is InChI=1S/C25H41N5O/c1-4-26-25(28-17-23-11-8-13-29(23)18-20(2)3)27-16-22-15-24(31)30(19-22)14-12-21-9-6-5-7-10-21/h5-7,9-10,20,22-23H,4,8,11-19H2,1-3H3,(H2,26,27,28)/t22?,23-/m1/s1. The van der Waals surface area contributed by atoms with E-state index in [9.17, 15) is 4.79 Å². The van der Waals surface area contributed by atoms with Crippen molar-refractivity contribution in [2.75, 3.05) is 45.8 Å². The molecule has 2 atom stereocenters. The number of amides is 1. The molecule has 2 N–H and O–H groups in total. The van der Waals surface area contributed by atoms with E-state index >= 15 is 0 Å². The van der Waals surface area contributed by atoms with Gasteiger partial charge in [0.15, 0.2) is 5.96 Å². The van der Waals surface area contributed by atoms with Gasteiger partial charge in [-0.2, -0.15) is 0 Å². The minimum absolute atomic E-state index is 0.268. The van der Waals surface area contributed by atoms with E-state index in [4.69, 9.17) is 4.99 Å². The van der Waals surface area contributed by atoms with Crippen LogP contribution in [-0.4, -0.2) is 73.5 Å². The number of nitrogens with zero attached hydrogens (tertiary/aromatic N) is 3. The van der Waals surface area contributed by atoms with Crippen LogP contribution in [-0.2, 0) is 11.2 Å². The Morgan fingerprint density at radius 2 is 2.03 bits per heavy atom. The summed E-state index contributed by atoms with van der Waals surface area (Å²) in [7, 11) is 0. The van der Waals surface area contributed by atoms with Crippen LogP contribution in [0.1, 0.15) is 45.6 Å². The van der Waals surface area contributed by atoms with E-state index in [2.05, 4.69) is 60.6 Å². The topological polar surface area (TPSA) is 60.0 Å². The molecule has 0 aromatic heterocycles. The Bertz CT molecular complexity index is 705. The summed E-state index contributed by atoms with van der Waals surface area (Å²) < 4.78 is 0. The van der Waals surface area contributed by atoms with Crippen LogP contribution in [0.15, 0.2) is 35.3 Å². The van der Waals surface area contributed by atoms with E-state index in [1.807, 2.05) is 11.0 Å². The van der Waals surface area contributed by atoms with E-state index in [1.165, 1.54) is 31.5 Å². The van der Waals surface area contributed by atoms with Gasteiger partial charge >= 0.3 is 0 Å². The number of rotatable bonds is 10. The molecule has 6 heteroatoms. The first-order valence-electron chi connectivity index (χ1n) is 12.1. The molecule has 3 rings (SSSR count). The number of hydrogen-bond acceptors (Lipinski definition) is 3. The van der Waals surface area contributed by atoms with Crippen molar-refractivity contribution < 1.29 is 4.79 Å². The van der Waals surface area contributed by atoms with Gasteiger partial charge < -0.3 is 15.5 Å². The molecule has 0 spiro atoms. The van der Waals surface area contributed by atoms with Crippen molar-refractivity contribution in [3.63, 3.8) is 0 Å². The molecule has 1 amide bonds. The Labute approximate surface area is 188 Å². The zero-order valence-electron chi connectivity index (χ0n) is 19.6. The maximum atomic E-state index is 12.4. The zero-order valence-corrected chi connectivity index (χ0v) is 19.6. The summed E-state index contributed by atoms with van der Waals surface area (Å²) in [4.78, 5) is 21.9. The van der Waals surface area contributed by atoms with E-state index in [1.54, 1.807) is 0 Å². The first-order chi connectivity index (χ1) is 15.0. The van der Waals surface area contributed by atoms with Crippen LogP contribution < -0.4 is 10.6 Å².